The number of rotatable bonds is 10. The van der Waals surface area contributed by atoms with Crippen molar-refractivity contribution in [2.45, 2.75) is 65.0 Å². The summed E-state index contributed by atoms with van der Waals surface area (Å²) in [4.78, 5) is 14.1. The predicted molar refractivity (Wildman–Crippen MR) is 82.1 cm³/mol. The SMILES string of the molecule is CCCC[C@H](N)C(=O)NCC(C(CC)CC)N(C)C. The summed E-state index contributed by atoms with van der Waals surface area (Å²) in [6.07, 6.45) is 5.14. The zero-order chi connectivity index (χ0) is 14.8. The van der Waals surface area contributed by atoms with Gasteiger partial charge in [0, 0.05) is 12.6 Å². The highest BCUT2D eigenvalue weighted by Gasteiger charge is 2.22. The van der Waals surface area contributed by atoms with Gasteiger partial charge in [0.05, 0.1) is 6.04 Å². The third kappa shape index (κ3) is 6.92. The van der Waals surface area contributed by atoms with Crippen molar-refractivity contribution < 1.29 is 4.79 Å². The molecule has 0 bridgehead atoms. The molecule has 1 amide bonds. The van der Waals surface area contributed by atoms with Crippen LogP contribution >= 0.6 is 0 Å². The summed E-state index contributed by atoms with van der Waals surface area (Å²) in [6.45, 7) is 7.22. The van der Waals surface area contributed by atoms with E-state index in [0.29, 0.717) is 18.5 Å². The average Bonchev–Trinajstić information content (AvgIpc) is 2.39. The smallest absolute Gasteiger partial charge is 0.236 e. The molecule has 0 aromatic rings. The minimum Gasteiger partial charge on any atom is -0.353 e. The van der Waals surface area contributed by atoms with Crippen molar-refractivity contribution in [2.75, 3.05) is 20.6 Å². The number of carbonyl (C=O) groups excluding carboxylic acids is 1. The largest absolute Gasteiger partial charge is 0.353 e. The lowest BCUT2D eigenvalue weighted by atomic mass is 9.93. The van der Waals surface area contributed by atoms with Gasteiger partial charge < -0.3 is 16.0 Å². The first-order valence-electron chi connectivity index (χ1n) is 7.67. The molecule has 0 spiro atoms. The minimum atomic E-state index is -0.357. The molecule has 0 aliphatic rings. The lowest BCUT2D eigenvalue weighted by Crippen LogP contribution is -2.48. The van der Waals surface area contributed by atoms with Crippen molar-refractivity contribution in [3.8, 4) is 0 Å². The Kier molecular flexibility index (Phi) is 9.88. The monoisotopic (exact) mass is 271 g/mol. The van der Waals surface area contributed by atoms with Crippen LogP contribution in [-0.4, -0.2) is 43.5 Å². The molecule has 19 heavy (non-hydrogen) atoms. The summed E-state index contributed by atoms with van der Waals surface area (Å²) in [5.41, 5.74) is 5.88. The first-order chi connectivity index (χ1) is 8.97. The Morgan fingerprint density at radius 1 is 1.21 bits per heavy atom. The van der Waals surface area contributed by atoms with Gasteiger partial charge in [-0.15, -0.1) is 0 Å². The molecule has 0 aliphatic carbocycles. The molecule has 0 aliphatic heterocycles. The Hall–Kier alpha value is -0.610. The second-order valence-electron chi connectivity index (χ2n) is 5.60. The number of amides is 1. The number of nitrogens with zero attached hydrogens (tertiary/aromatic N) is 1. The molecule has 4 heteroatoms. The fourth-order valence-electron chi connectivity index (χ4n) is 2.50. The predicted octanol–water partition coefficient (Wildman–Crippen LogP) is 1.99. The van der Waals surface area contributed by atoms with Gasteiger partial charge in [-0.1, -0.05) is 46.5 Å². The zero-order valence-corrected chi connectivity index (χ0v) is 13.4. The molecule has 1 unspecified atom stereocenters. The third-order valence-electron chi connectivity index (χ3n) is 3.95. The molecule has 2 atom stereocenters. The summed E-state index contributed by atoms with van der Waals surface area (Å²) in [7, 11) is 4.15. The number of nitrogens with one attached hydrogen (secondary N) is 1. The van der Waals surface area contributed by atoms with E-state index in [0.717, 1.165) is 32.1 Å². The molecule has 114 valence electrons. The summed E-state index contributed by atoms with van der Waals surface area (Å²) in [5.74, 6) is 0.605. The van der Waals surface area contributed by atoms with Crippen molar-refractivity contribution in [1.82, 2.24) is 10.2 Å². The molecule has 3 N–H and O–H groups in total. The van der Waals surface area contributed by atoms with Crippen LogP contribution < -0.4 is 11.1 Å². The van der Waals surface area contributed by atoms with Gasteiger partial charge in [0.25, 0.3) is 0 Å². The van der Waals surface area contributed by atoms with Gasteiger partial charge in [-0.05, 0) is 26.4 Å². The quantitative estimate of drug-likeness (QED) is 0.639. The van der Waals surface area contributed by atoms with Gasteiger partial charge >= 0.3 is 0 Å². The zero-order valence-electron chi connectivity index (χ0n) is 13.4. The van der Waals surface area contributed by atoms with Gasteiger partial charge in [0.2, 0.25) is 5.91 Å². The molecule has 0 aromatic heterocycles. The second kappa shape index (κ2) is 10.2. The van der Waals surface area contributed by atoms with Crippen LogP contribution in [0.1, 0.15) is 52.9 Å². The van der Waals surface area contributed by atoms with E-state index in [1.807, 2.05) is 0 Å². The van der Waals surface area contributed by atoms with Gasteiger partial charge in [0.15, 0.2) is 0 Å². The molecular formula is C15H33N3O. The van der Waals surface area contributed by atoms with Gasteiger partial charge in [-0.3, -0.25) is 4.79 Å². The van der Waals surface area contributed by atoms with E-state index in [1.165, 1.54) is 0 Å². The standard InChI is InChI=1S/C15H33N3O/c1-6-9-10-13(16)15(19)17-11-14(18(4)5)12(7-2)8-3/h12-14H,6-11,16H2,1-5H3,(H,17,19)/t13-,14?/m0/s1. The van der Waals surface area contributed by atoms with Crippen LogP contribution in [0, 0.1) is 5.92 Å². The second-order valence-corrected chi connectivity index (χ2v) is 5.60. The summed E-state index contributed by atoms with van der Waals surface area (Å²) in [5, 5.41) is 3.02. The summed E-state index contributed by atoms with van der Waals surface area (Å²) >= 11 is 0. The van der Waals surface area contributed by atoms with Crippen LogP contribution in [0.15, 0.2) is 0 Å². The summed E-state index contributed by atoms with van der Waals surface area (Å²) in [6, 6.07) is 0.0294. The Morgan fingerprint density at radius 3 is 2.21 bits per heavy atom. The Bertz CT molecular complexity index is 240. The van der Waals surface area contributed by atoms with Crippen LogP contribution in [0.4, 0.5) is 0 Å². The van der Waals surface area contributed by atoms with E-state index in [2.05, 4.69) is 45.1 Å². The van der Waals surface area contributed by atoms with Crippen LogP contribution in [0.2, 0.25) is 0 Å². The Balaban J connectivity index is 4.27. The maximum Gasteiger partial charge on any atom is 0.236 e. The van der Waals surface area contributed by atoms with E-state index in [-0.39, 0.29) is 11.9 Å². The lowest BCUT2D eigenvalue weighted by molar-refractivity contribution is -0.122. The first kappa shape index (κ1) is 18.4. The van der Waals surface area contributed by atoms with Crippen LogP contribution in [-0.2, 0) is 4.79 Å². The molecular weight excluding hydrogens is 238 g/mol. The molecule has 4 nitrogen and oxygen atoms in total. The van der Waals surface area contributed by atoms with Crippen molar-refractivity contribution in [3.63, 3.8) is 0 Å². The highest BCUT2D eigenvalue weighted by Crippen LogP contribution is 2.16. The fraction of sp³-hybridized carbons (Fsp3) is 0.933. The van der Waals surface area contributed by atoms with Gasteiger partial charge in [-0.25, -0.2) is 0 Å². The van der Waals surface area contributed by atoms with E-state index in [1.54, 1.807) is 0 Å². The number of hydrogen-bond donors (Lipinski definition) is 2. The molecule has 0 saturated heterocycles. The van der Waals surface area contributed by atoms with Crippen molar-refractivity contribution in [3.05, 3.63) is 0 Å². The maximum atomic E-state index is 11.9. The third-order valence-corrected chi connectivity index (χ3v) is 3.95. The first-order valence-corrected chi connectivity index (χ1v) is 7.67. The van der Waals surface area contributed by atoms with Crippen molar-refractivity contribution in [1.29, 1.82) is 0 Å². The molecule has 0 fully saturated rings. The molecule has 0 rings (SSSR count). The minimum absolute atomic E-state index is 0.00810. The highest BCUT2D eigenvalue weighted by atomic mass is 16.2. The average molecular weight is 271 g/mol. The maximum absolute atomic E-state index is 11.9. The summed E-state index contributed by atoms with van der Waals surface area (Å²) < 4.78 is 0. The Morgan fingerprint density at radius 2 is 1.79 bits per heavy atom. The van der Waals surface area contributed by atoms with Crippen molar-refractivity contribution >= 4 is 5.91 Å². The lowest BCUT2D eigenvalue weighted by Gasteiger charge is -2.31. The van der Waals surface area contributed by atoms with E-state index >= 15 is 0 Å². The van der Waals surface area contributed by atoms with E-state index < -0.39 is 0 Å². The van der Waals surface area contributed by atoms with E-state index in [9.17, 15) is 4.79 Å². The number of nitrogens with two attached hydrogens (primary N) is 1. The van der Waals surface area contributed by atoms with Crippen molar-refractivity contribution in [2.24, 2.45) is 11.7 Å². The molecule has 0 heterocycles. The number of likely N-dealkylation sites (N-methyl/N-ethyl adjacent to an activating group) is 1. The van der Waals surface area contributed by atoms with Crippen LogP contribution in [0.25, 0.3) is 0 Å². The molecule has 0 aromatic carbocycles. The number of unbranched alkanes of at least 4 members (excludes halogenated alkanes) is 1. The van der Waals surface area contributed by atoms with Gasteiger partial charge in [0.1, 0.15) is 0 Å². The normalized spacial score (nSPS) is 14.7. The van der Waals surface area contributed by atoms with Crippen LogP contribution in [0.3, 0.4) is 0 Å². The highest BCUT2D eigenvalue weighted by molar-refractivity contribution is 5.81. The topological polar surface area (TPSA) is 58.4 Å². The number of hydrogen-bond acceptors (Lipinski definition) is 3. The molecule has 0 radical (unpaired) electrons. The van der Waals surface area contributed by atoms with Gasteiger partial charge in [-0.2, -0.15) is 0 Å². The van der Waals surface area contributed by atoms with E-state index in [4.69, 9.17) is 5.73 Å². The fourth-order valence-corrected chi connectivity index (χ4v) is 2.50. The Labute approximate surface area is 119 Å². The number of carbonyl (C=O) groups is 1. The van der Waals surface area contributed by atoms with Crippen LogP contribution in [0.5, 0.6) is 0 Å². The molecule has 0 saturated carbocycles.